The first-order valence-corrected chi connectivity index (χ1v) is 7.57. The van der Waals surface area contributed by atoms with E-state index >= 15 is 0 Å². The summed E-state index contributed by atoms with van der Waals surface area (Å²) in [5, 5.41) is 2.85. The van der Waals surface area contributed by atoms with Crippen LogP contribution in [-0.2, 0) is 12.0 Å². The number of benzene rings is 2. The Kier molecular flexibility index (Phi) is 4.13. The minimum absolute atomic E-state index is 0.206. The lowest BCUT2D eigenvalue weighted by Gasteiger charge is -2.17. The first-order valence-electron chi connectivity index (χ1n) is 7.57. The summed E-state index contributed by atoms with van der Waals surface area (Å²) in [6.45, 7) is 0.766. The van der Waals surface area contributed by atoms with E-state index in [0.717, 1.165) is 24.5 Å². The van der Waals surface area contributed by atoms with Crippen molar-refractivity contribution in [3.05, 3.63) is 70.8 Å². The Morgan fingerprint density at radius 1 is 1.13 bits per heavy atom. The van der Waals surface area contributed by atoms with Crippen molar-refractivity contribution in [1.82, 2.24) is 5.32 Å². The van der Waals surface area contributed by atoms with E-state index in [1.54, 1.807) is 24.3 Å². The van der Waals surface area contributed by atoms with E-state index in [1.807, 2.05) is 0 Å². The number of nitrogens with one attached hydrogen (secondary N) is 1. The minimum atomic E-state index is -0.592. The Bertz CT molecular complexity index is 724. The van der Waals surface area contributed by atoms with E-state index in [9.17, 15) is 13.6 Å². The molecule has 23 heavy (non-hydrogen) atoms. The molecule has 1 fully saturated rings. The van der Waals surface area contributed by atoms with Gasteiger partial charge in [-0.1, -0.05) is 18.2 Å². The van der Waals surface area contributed by atoms with Crippen LogP contribution in [0.4, 0.5) is 8.78 Å². The number of carbonyl (C=O) groups excluding carboxylic acids is 1. The van der Waals surface area contributed by atoms with Crippen molar-refractivity contribution in [3.63, 3.8) is 0 Å². The molecule has 1 amide bonds. The zero-order valence-corrected chi connectivity index (χ0v) is 12.6. The molecule has 0 spiro atoms. The van der Waals surface area contributed by atoms with Crippen molar-refractivity contribution in [2.75, 3.05) is 6.54 Å². The van der Waals surface area contributed by atoms with E-state index in [2.05, 4.69) is 5.32 Å². The fourth-order valence-corrected chi connectivity index (χ4v) is 2.76. The van der Waals surface area contributed by atoms with E-state index < -0.39 is 17.0 Å². The maximum Gasteiger partial charge on any atom is 0.251 e. The third-order valence-corrected chi connectivity index (χ3v) is 4.40. The largest absolute Gasteiger partial charge is 0.351 e. The number of hydrogen-bond donors (Lipinski definition) is 2. The van der Waals surface area contributed by atoms with Gasteiger partial charge in [-0.2, -0.15) is 0 Å². The summed E-state index contributed by atoms with van der Waals surface area (Å²) in [5.41, 5.74) is 7.08. The van der Waals surface area contributed by atoms with Crippen molar-refractivity contribution < 1.29 is 13.6 Å². The third kappa shape index (κ3) is 3.24. The molecule has 1 saturated carbocycles. The molecule has 1 aliphatic rings. The molecular formula is C18H18F2N2O. The van der Waals surface area contributed by atoms with Gasteiger partial charge in [0.15, 0.2) is 0 Å². The molecule has 0 bridgehead atoms. The second-order valence-electron chi connectivity index (χ2n) is 5.99. The summed E-state index contributed by atoms with van der Waals surface area (Å²) in [4.78, 5) is 12.2. The molecule has 0 unspecified atom stereocenters. The molecule has 3 rings (SSSR count). The van der Waals surface area contributed by atoms with Gasteiger partial charge in [0, 0.05) is 30.1 Å². The standard InChI is InChI=1S/C18H18F2N2O/c19-14-5-6-15(16(20)9-14)18(7-8-18)11-22-17(23)13-3-1-12(10-21)2-4-13/h1-6,9H,7-8,10-11,21H2,(H,22,23). The molecule has 3 nitrogen and oxygen atoms in total. The van der Waals surface area contributed by atoms with E-state index in [4.69, 9.17) is 5.73 Å². The Hall–Kier alpha value is -2.27. The summed E-state index contributed by atoms with van der Waals surface area (Å²) >= 11 is 0. The molecule has 5 heteroatoms. The highest BCUT2D eigenvalue weighted by atomic mass is 19.1. The molecule has 0 aromatic heterocycles. The molecule has 0 atom stereocenters. The van der Waals surface area contributed by atoms with Crippen LogP contribution in [-0.4, -0.2) is 12.5 Å². The summed E-state index contributed by atoms with van der Waals surface area (Å²) in [7, 11) is 0. The maximum absolute atomic E-state index is 14.0. The zero-order valence-electron chi connectivity index (χ0n) is 12.6. The number of amides is 1. The highest BCUT2D eigenvalue weighted by Gasteiger charge is 2.46. The Labute approximate surface area is 133 Å². The van der Waals surface area contributed by atoms with Gasteiger partial charge in [0.05, 0.1) is 0 Å². The van der Waals surface area contributed by atoms with Gasteiger partial charge in [-0.25, -0.2) is 8.78 Å². The highest BCUT2D eigenvalue weighted by molar-refractivity contribution is 5.94. The molecule has 3 N–H and O–H groups in total. The minimum Gasteiger partial charge on any atom is -0.351 e. The molecule has 2 aromatic carbocycles. The predicted molar refractivity (Wildman–Crippen MR) is 83.9 cm³/mol. The molecule has 2 aromatic rings. The second-order valence-corrected chi connectivity index (χ2v) is 5.99. The Balaban J connectivity index is 1.68. The Morgan fingerprint density at radius 3 is 2.39 bits per heavy atom. The summed E-state index contributed by atoms with van der Waals surface area (Å²) < 4.78 is 27.0. The third-order valence-electron chi connectivity index (χ3n) is 4.40. The van der Waals surface area contributed by atoms with Crippen LogP contribution in [0.1, 0.15) is 34.3 Å². The van der Waals surface area contributed by atoms with Crippen LogP contribution in [0.25, 0.3) is 0 Å². The second kappa shape index (κ2) is 6.08. The van der Waals surface area contributed by atoms with E-state index in [0.29, 0.717) is 24.2 Å². The van der Waals surface area contributed by atoms with Gasteiger partial charge >= 0.3 is 0 Å². The fraction of sp³-hybridized carbons (Fsp3) is 0.278. The lowest BCUT2D eigenvalue weighted by molar-refractivity contribution is 0.0949. The van der Waals surface area contributed by atoms with Crippen molar-refractivity contribution in [2.45, 2.75) is 24.8 Å². The van der Waals surface area contributed by atoms with Crippen molar-refractivity contribution >= 4 is 5.91 Å². The van der Waals surface area contributed by atoms with Gasteiger partial charge in [-0.05, 0) is 42.2 Å². The highest BCUT2D eigenvalue weighted by Crippen LogP contribution is 2.48. The smallest absolute Gasteiger partial charge is 0.251 e. The molecule has 0 heterocycles. The summed E-state index contributed by atoms with van der Waals surface area (Å²) in [6.07, 6.45) is 1.56. The van der Waals surface area contributed by atoms with Gasteiger partial charge in [0.1, 0.15) is 11.6 Å². The molecular weight excluding hydrogens is 298 g/mol. The van der Waals surface area contributed by atoms with E-state index in [1.165, 1.54) is 12.1 Å². The van der Waals surface area contributed by atoms with E-state index in [-0.39, 0.29) is 5.91 Å². The molecule has 0 radical (unpaired) electrons. The van der Waals surface area contributed by atoms with Crippen LogP contribution in [0, 0.1) is 11.6 Å². The number of rotatable bonds is 5. The maximum atomic E-state index is 14.0. The number of hydrogen-bond acceptors (Lipinski definition) is 2. The van der Waals surface area contributed by atoms with Gasteiger partial charge in [0.2, 0.25) is 0 Å². The first-order chi connectivity index (χ1) is 11.0. The normalized spacial score (nSPS) is 15.3. The number of halogens is 2. The topological polar surface area (TPSA) is 55.1 Å². The van der Waals surface area contributed by atoms with Crippen LogP contribution < -0.4 is 11.1 Å². The SMILES string of the molecule is NCc1ccc(C(=O)NCC2(c3ccc(F)cc3F)CC2)cc1. The average Bonchev–Trinajstić information content (AvgIpc) is 3.33. The molecule has 0 saturated heterocycles. The monoisotopic (exact) mass is 316 g/mol. The number of nitrogens with two attached hydrogens (primary N) is 1. The fourth-order valence-electron chi connectivity index (χ4n) is 2.76. The van der Waals surface area contributed by atoms with Crippen molar-refractivity contribution in [2.24, 2.45) is 5.73 Å². The van der Waals surface area contributed by atoms with Crippen LogP contribution in [0.5, 0.6) is 0 Å². The van der Waals surface area contributed by atoms with Crippen LogP contribution in [0.3, 0.4) is 0 Å². The van der Waals surface area contributed by atoms with Crippen LogP contribution in [0.2, 0.25) is 0 Å². The molecule has 1 aliphatic carbocycles. The molecule has 0 aliphatic heterocycles. The van der Waals surface area contributed by atoms with Gasteiger partial charge in [-0.3, -0.25) is 4.79 Å². The van der Waals surface area contributed by atoms with Gasteiger partial charge < -0.3 is 11.1 Å². The molecule has 120 valence electrons. The first kappa shape index (κ1) is 15.6. The van der Waals surface area contributed by atoms with Crippen molar-refractivity contribution in [1.29, 1.82) is 0 Å². The summed E-state index contributed by atoms with van der Waals surface area (Å²) in [6, 6.07) is 10.7. The quantitative estimate of drug-likeness (QED) is 0.891. The number of carbonyl (C=O) groups is 1. The lowest BCUT2D eigenvalue weighted by Crippen LogP contribution is -2.32. The predicted octanol–water partition coefficient (Wildman–Crippen LogP) is 2.89. The average molecular weight is 316 g/mol. The van der Waals surface area contributed by atoms with Crippen LogP contribution >= 0.6 is 0 Å². The van der Waals surface area contributed by atoms with Gasteiger partial charge in [-0.15, -0.1) is 0 Å². The zero-order chi connectivity index (χ0) is 16.4. The van der Waals surface area contributed by atoms with Crippen molar-refractivity contribution in [3.8, 4) is 0 Å². The van der Waals surface area contributed by atoms with Gasteiger partial charge in [0.25, 0.3) is 5.91 Å². The lowest BCUT2D eigenvalue weighted by atomic mass is 9.95. The van der Waals surface area contributed by atoms with Crippen LogP contribution in [0.15, 0.2) is 42.5 Å². The summed E-state index contributed by atoms with van der Waals surface area (Å²) in [5.74, 6) is -1.35. The Morgan fingerprint density at radius 2 is 1.83 bits per heavy atom.